The molecular weight excluding hydrogens is 275 g/mol. The summed E-state index contributed by atoms with van der Waals surface area (Å²) in [6.45, 7) is 1.93. The van der Waals surface area contributed by atoms with Crippen LogP contribution in [0.25, 0.3) is 0 Å². The molecule has 0 aliphatic heterocycles. The molecule has 2 rings (SSSR count). The Morgan fingerprint density at radius 3 is 2.76 bits per heavy atom. The minimum absolute atomic E-state index is 0.112. The molecule has 0 saturated carbocycles. The molecule has 21 heavy (non-hydrogen) atoms. The highest BCUT2D eigenvalue weighted by Crippen LogP contribution is 2.17. The Kier molecular flexibility index (Phi) is 4.61. The van der Waals surface area contributed by atoms with Crippen molar-refractivity contribution in [3.8, 4) is 0 Å². The molecule has 2 aromatic rings. The van der Waals surface area contributed by atoms with Gasteiger partial charge in [0.2, 0.25) is 5.95 Å². The van der Waals surface area contributed by atoms with Gasteiger partial charge in [0.15, 0.2) is 0 Å². The minimum Gasteiger partial charge on any atom is -0.462 e. The van der Waals surface area contributed by atoms with E-state index in [0.29, 0.717) is 5.69 Å². The Morgan fingerprint density at radius 2 is 2.05 bits per heavy atom. The van der Waals surface area contributed by atoms with Crippen molar-refractivity contribution in [2.45, 2.75) is 6.92 Å². The number of rotatable bonds is 4. The third-order valence-electron chi connectivity index (χ3n) is 2.66. The summed E-state index contributed by atoms with van der Waals surface area (Å²) in [5, 5.41) is 2.56. The normalized spacial score (nSPS) is 10.0. The van der Waals surface area contributed by atoms with E-state index >= 15 is 0 Å². The van der Waals surface area contributed by atoms with E-state index in [4.69, 9.17) is 4.74 Å². The van der Waals surface area contributed by atoms with Gasteiger partial charge in [-0.05, 0) is 25.1 Å². The predicted octanol–water partition coefficient (Wildman–Crippen LogP) is 2.65. The van der Waals surface area contributed by atoms with E-state index in [1.54, 1.807) is 31.2 Å². The molecule has 0 atom stereocenters. The number of esters is 1. The number of pyridine rings is 1. The first-order valence-electron chi connectivity index (χ1n) is 6.31. The van der Waals surface area contributed by atoms with Gasteiger partial charge in [-0.2, -0.15) is 4.39 Å². The van der Waals surface area contributed by atoms with Crippen LogP contribution in [-0.4, -0.2) is 23.5 Å². The zero-order chi connectivity index (χ0) is 15.2. The Hall–Kier alpha value is -2.76. The number of anilines is 1. The van der Waals surface area contributed by atoms with Crippen LogP contribution in [0.5, 0.6) is 0 Å². The summed E-state index contributed by atoms with van der Waals surface area (Å²) in [5.74, 6) is -1.82. The molecule has 1 N–H and O–H groups in total. The summed E-state index contributed by atoms with van der Waals surface area (Å²) in [4.78, 5) is 27.2. The number of amides is 1. The lowest BCUT2D eigenvalue weighted by Gasteiger charge is -2.10. The number of nitrogens with zero attached hydrogens (tertiary/aromatic N) is 1. The van der Waals surface area contributed by atoms with E-state index in [-0.39, 0.29) is 17.7 Å². The Labute approximate surface area is 120 Å². The highest BCUT2D eigenvalue weighted by Gasteiger charge is 2.15. The standard InChI is InChI=1S/C15H13FN2O3/c1-2-21-15(20)11-5-3-4-6-12(11)18-14(19)10-7-8-17-13(16)9-10/h3-9H,2H2,1H3,(H,18,19). The number of hydrogen-bond acceptors (Lipinski definition) is 4. The van der Waals surface area contributed by atoms with Crippen LogP contribution in [0.15, 0.2) is 42.6 Å². The van der Waals surface area contributed by atoms with Crippen LogP contribution < -0.4 is 5.32 Å². The summed E-state index contributed by atoms with van der Waals surface area (Å²) in [6, 6.07) is 8.84. The summed E-state index contributed by atoms with van der Waals surface area (Å²) in [6.07, 6.45) is 1.20. The van der Waals surface area contributed by atoms with E-state index in [9.17, 15) is 14.0 Å². The van der Waals surface area contributed by atoms with Gasteiger partial charge in [0.05, 0.1) is 17.9 Å². The first kappa shape index (κ1) is 14.6. The maximum Gasteiger partial charge on any atom is 0.340 e. The SMILES string of the molecule is CCOC(=O)c1ccccc1NC(=O)c1ccnc(F)c1. The highest BCUT2D eigenvalue weighted by molar-refractivity contribution is 6.07. The van der Waals surface area contributed by atoms with Crippen molar-refractivity contribution in [2.75, 3.05) is 11.9 Å². The van der Waals surface area contributed by atoms with Gasteiger partial charge < -0.3 is 10.1 Å². The monoisotopic (exact) mass is 288 g/mol. The molecule has 108 valence electrons. The minimum atomic E-state index is -0.749. The molecule has 0 saturated heterocycles. The molecule has 0 radical (unpaired) electrons. The summed E-state index contributed by atoms with van der Waals surface area (Å²) in [5.41, 5.74) is 0.654. The first-order valence-corrected chi connectivity index (χ1v) is 6.31. The highest BCUT2D eigenvalue weighted by atomic mass is 19.1. The van der Waals surface area contributed by atoms with Crippen molar-refractivity contribution in [1.29, 1.82) is 0 Å². The second-order valence-electron chi connectivity index (χ2n) is 4.09. The van der Waals surface area contributed by atoms with Crippen LogP contribution in [0.4, 0.5) is 10.1 Å². The van der Waals surface area contributed by atoms with Crippen LogP contribution >= 0.6 is 0 Å². The van der Waals surface area contributed by atoms with Gasteiger partial charge in [0, 0.05) is 17.8 Å². The lowest BCUT2D eigenvalue weighted by molar-refractivity contribution is 0.0527. The van der Waals surface area contributed by atoms with Gasteiger partial charge in [-0.3, -0.25) is 4.79 Å². The van der Waals surface area contributed by atoms with Crippen LogP contribution in [0.3, 0.4) is 0 Å². The molecule has 1 aromatic carbocycles. The van der Waals surface area contributed by atoms with Gasteiger partial charge in [0.1, 0.15) is 0 Å². The average Bonchev–Trinajstić information content (AvgIpc) is 2.48. The van der Waals surface area contributed by atoms with Crippen molar-refractivity contribution < 1.29 is 18.7 Å². The number of para-hydroxylation sites is 1. The fraction of sp³-hybridized carbons (Fsp3) is 0.133. The molecule has 0 aliphatic rings. The number of aromatic nitrogens is 1. The molecule has 0 bridgehead atoms. The van der Waals surface area contributed by atoms with Gasteiger partial charge in [0.25, 0.3) is 5.91 Å². The maximum absolute atomic E-state index is 13.0. The fourth-order valence-electron chi connectivity index (χ4n) is 1.72. The van der Waals surface area contributed by atoms with Crippen molar-refractivity contribution in [3.63, 3.8) is 0 Å². The number of ether oxygens (including phenoxy) is 1. The van der Waals surface area contributed by atoms with Crippen molar-refractivity contribution >= 4 is 17.6 Å². The number of benzene rings is 1. The molecule has 1 amide bonds. The van der Waals surface area contributed by atoms with E-state index in [1.807, 2.05) is 0 Å². The van der Waals surface area contributed by atoms with Gasteiger partial charge in [-0.25, -0.2) is 9.78 Å². The molecule has 6 heteroatoms. The predicted molar refractivity (Wildman–Crippen MR) is 74.5 cm³/mol. The molecule has 5 nitrogen and oxygen atoms in total. The lowest BCUT2D eigenvalue weighted by Crippen LogP contribution is -2.16. The smallest absolute Gasteiger partial charge is 0.340 e. The quantitative estimate of drug-likeness (QED) is 0.693. The third-order valence-corrected chi connectivity index (χ3v) is 2.66. The van der Waals surface area contributed by atoms with E-state index < -0.39 is 17.8 Å². The van der Waals surface area contributed by atoms with E-state index in [1.165, 1.54) is 12.3 Å². The maximum atomic E-state index is 13.0. The zero-order valence-electron chi connectivity index (χ0n) is 11.3. The first-order chi connectivity index (χ1) is 10.1. The Balaban J connectivity index is 2.23. The number of carbonyl (C=O) groups is 2. The fourth-order valence-corrected chi connectivity index (χ4v) is 1.72. The Bertz CT molecular complexity index is 673. The topological polar surface area (TPSA) is 68.3 Å². The molecule has 0 unspecified atom stereocenters. The Morgan fingerprint density at radius 1 is 1.29 bits per heavy atom. The van der Waals surface area contributed by atoms with Gasteiger partial charge in [-0.1, -0.05) is 12.1 Å². The molecule has 0 aliphatic carbocycles. The molecule has 0 fully saturated rings. The molecular formula is C15H13FN2O3. The van der Waals surface area contributed by atoms with Crippen molar-refractivity contribution in [2.24, 2.45) is 0 Å². The second kappa shape index (κ2) is 6.60. The number of carbonyl (C=O) groups excluding carboxylic acids is 2. The summed E-state index contributed by atoms with van der Waals surface area (Å²) in [7, 11) is 0. The van der Waals surface area contributed by atoms with Crippen molar-refractivity contribution in [1.82, 2.24) is 4.98 Å². The van der Waals surface area contributed by atoms with Crippen LogP contribution in [-0.2, 0) is 4.74 Å². The van der Waals surface area contributed by atoms with Crippen molar-refractivity contribution in [3.05, 3.63) is 59.7 Å². The number of hydrogen-bond donors (Lipinski definition) is 1. The van der Waals surface area contributed by atoms with E-state index in [0.717, 1.165) is 6.07 Å². The van der Waals surface area contributed by atoms with Crippen LogP contribution in [0.2, 0.25) is 0 Å². The van der Waals surface area contributed by atoms with Gasteiger partial charge in [-0.15, -0.1) is 0 Å². The second-order valence-corrected chi connectivity index (χ2v) is 4.09. The average molecular weight is 288 g/mol. The summed E-state index contributed by atoms with van der Waals surface area (Å²) >= 11 is 0. The lowest BCUT2D eigenvalue weighted by atomic mass is 10.1. The summed E-state index contributed by atoms with van der Waals surface area (Å²) < 4.78 is 17.9. The van der Waals surface area contributed by atoms with Crippen LogP contribution in [0, 0.1) is 5.95 Å². The molecule has 1 heterocycles. The largest absolute Gasteiger partial charge is 0.462 e. The number of halogens is 1. The van der Waals surface area contributed by atoms with E-state index in [2.05, 4.69) is 10.3 Å². The zero-order valence-corrected chi connectivity index (χ0v) is 11.3. The third kappa shape index (κ3) is 3.62. The molecule has 1 aromatic heterocycles. The molecule has 0 spiro atoms. The van der Waals surface area contributed by atoms with Crippen LogP contribution in [0.1, 0.15) is 27.6 Å². The van der Waals surface area contributed by atoms with Gasteiger partial charge >= 0.3 is 5.97 Å². The number of nitrogens with one attached hydrogen (secondary N) is 1.